The van der Waals surface area contributed by atoms with Crippen LogP contribution in [0.3, 0.4) is 0 Å². The first kappa shape index (κ1) is 14.8. The number of carbonyl (C=O) groups is 1. The Morgan fingerprint density at radius 2 is 2.25 bits per heavy atom. The predicted molar refractivity (Wildman–Crippen MR) is 81.8 cm³/mol. The zero-order chi connectivity index (χ0) is 14.7. The molecule has 0 radical (unpaired) electrons. The lowest BCUT2D eigenvalue weighted by Crippen LogP contribution is -2.38. The molecule has 20 heavy (non-hydrogen) atoms. The first-order valence-corrected chi connectivity index (χ1v) is 7.34. The van der Waals surface area contributed by atoms with Gasteiger partial charge in [-0.1, -0.05) is 17.7 Å². The highest BCUT2D eigenvalue weighted by Crippen LogP contribution is 2.27. The number of aromatic nitrogens is 1. The van der Waals surface area contributed by atoms with Crippen molar-refractivity contribution in [3.05, 3.63) is 40.4 Å². The van der Waals surface area contributed by atoms with Crippen LogP contribution in [0.5, 0.6) is 5.75 Å². The van der Waals surface area contributed by atoms with Crippen LogP contribution in [-0.2, 0) is 4.79 Å². The van der Waals surface area contributed by atoms with E-state index in [-0.39, 0.29) is 5.91 Å². The molecule has 1 atom stereocenters. The highest BCUT2D eigenvalue weighted by molar-refractivity contribution is 7.13. The Morgan fingerprint density at radius 1 is 1.50 bits per heavy atom. The van der Waals surface area contributed by atoms with Crippen molar-refractivity contribution in [1.82, 2.24) is 4.98 Å². The van der Waals surface area contributed by atoms with Gasteiger partial charge < -0.3 is 4.74 Å². The van der Waals surface area contributed by atoms with Crippen molar-refractivity contribution in [2.24, 2.45) is 0 Å². The van der Waals surface area contributed by atoms with Gasteiger partial charge in [0, 0.05) is 18.6 Å². The Kier molecular flexibility index (Phi) is 4.62. The molecule has 2 rings (SSSR count). The number of anilines is 1. The maximum absolute atomic E-state index is 12.3. The maximum atomic E-state index is 12.3. The number of halogens is 1. The van der Waals surface area contributed by atoms with Gasteiger partial charge in [-0.25, -0.2) is 4.98 Å². The summed E-state index contributed by atoms with van der Waals surface area (Å²) in [6.07, 6.45) is 1.02. The van der Waals surface area contributed by atoms with Crippen molar-refractivity contribution in [2.75, 3.05) is 11.9 Å². The predicted octanol–water partition coefficient (Wildman–Crippen LogP) is 3.54. The number of ether oxygens (including phenoxy) is 1. The van der Waals surface area contributed by atoms with Crippen LogP contribution >= 0.6 is 22.9 Å². The summed E-state index contributed by atoms with van der Waals surface area (Å²) in [5, 5.41) is 2.95. The molecule has 0 saturated carbocycles. The number of thiazole rings is 1. The number of amides is 1. The Balaban J connectivity index is 2.09. The number of carbonyl (C=O) groups excluding carboxylic acids is 1. The fraction of sp³-hybridized carbons (Fsp3) is 0.286. The van der Waals surface area contributed by atoms with E-state index >= 15 is 0 Å². The summed E-state index contributed by atoms with van der Waals surface area (Å²) >= 11 is 7.46. The second-order valence-electron chi connectivity index (χ2n) is 4.41. The van der Waals surface area contributed by atoms with Gasteiger partial charge in [-0.2, -0.15) is 0 Å². The molecule has 106 valence electrons. The minimum Gasteiger partial charge on any atom is -0.479 e. The molecule has 0 aliphatic heterocycles. The summed E-state index contributed by atoms with van der Waals surface area (Å²) in [5.41, 5.74) is 1.03. The van der Waals surface area contributed by atoms with Gasteiger partial charge in [-0.15, -0.1) is 11.3 Å². The van der Waals surface area contributed by atoms with Crippen molar-refractivity contribution in [3.63, 3.8) is 0 Å². The van der Waals surface area contributed by atoms with Crippen LogP contribution in [-0.4, -0.2) is 24.0 Å². The fourth-order valence-corrected chi connectivity index (χ4v) is 2.47. The average molecular weight is 311 g/mol. The van der Waals surface area contributed by atoms with Crippen LogP contribution < -0.4 is 9.64 Å². The normalized spacial score (nSPS) is 12.0. The van der Waals surface area contributed by atoms with E-state index in [4.69, 9.17) is 16.3 Å². The summed E-state index contributed by atoms with van der Waals surface area (Å²) < 4.78 is 5.66. The average Bonchev–Trinajstić information content (AvgIpc) is 2.95. The van der Waals surface area contributed by atoms with Crippen LogP contribution in [0.4, 0.5) is 5.13 Å². The van der Waals surface area contributed by atoms with Gasteiger partial charge in [0.15, 0.2) is 11.2 Å². The monoisotopic (exact) mass is 310 g/mol. The zero-order valence-corrected chi connectivity index (χ0v) is 13.0. The largest absolute Gasteiger partial charge is 0.479 e. The first-order valence-electron chi connectivity index (χ1n) is 6.09. The molecule has 0 bridgehead atoms. The van der Waals surface area contributed by atoms with Crippen molar-refractivity contribution in [3.8, 4) is 5.75 Å². The zero-order valence-electron chi connectivity index (χ0n) is 11.5. The highest BCUT2D eigenvalue weighted by atomic mass is 35.5. The molecule has 2 aromatic rings. The van der Waals surface area contributed by atoms with Gasteiger partial charge in [0.25, 0.3) is 5.91 Å². The Hall–Kier alpha value is -1.59. The van der Waals surface area contributed by atoms with Crippen molar-refractivity contribution >= 4 is 34.0 Å². The molecule has 0 unspecified atom stereocenters. The lowest BCUT2D eigenvalue weighted by atomic mass is 10.2. The van der Waals surface area contributed by atoms with Crippen LogP contribution in [0.15, 0.2) is 29.8 Å². The Labute approximate surface area is 127 Å². The molecule has 0 aliphatic rings. The van der Waals surface area contributed by atoms with E-state index in [0.29, 0.717) is 15.9 Å². The summed E-state index contributed by atoms with van der Waals surface area (Å²) in [7, 11) is 1.68. The molecule has 0 N–H and O–H groups in total. The summed E-state index contributed by atoms with van der Waals surface area (Å²) in [6.45, 7) is 3.64. The summed E-state index contributed by atoms with van der Waals surface area (Å²) in [5.74, 6) is 0.345. The van der Waals surface area contributed by atoms with Crippen molar-refractivity contribution in [2.45, 2.75) is 20.0 Å². The summed E-state index contributed by atoms with van der Waals surface area (Å²) in [4.78, 5) is 17.9. The number of aryl methyl sites for hydroxylation is 1. The summed E-state index contributed by atoms with van der Waals surface area (Å²) in [6, 6.07) is 5.47. The van der Waals surface area contributed by atoms with Gasteiger partial charge in [0.1, 0.15) is 5.75 Å². The number of hydrogen-bond acceptors (Lipinski definition) is 4. The van der Waals surface area contributed by atoms with E-state index in [1.165, 1.54) is 16.2 Å². The van der Waals surface area contributed by atoms with E-state index in [9.17, 15) is 4.79 Å². The third-order valence-corrected chi connectivity index (χ3v) is 3.94. The van der Waals surface area contributed by atoms with Crippen LogP contribution in [0.2, 0.25) is 5.02 Å². The van der Waals surface area contributed by atoms with E-state index < -0.39 is 6.10 Å². The molecular weight excluding hydrogens is 296 g/mol. The Morgan fingerprint density at radius 3 is 2.90 bits per heavy atom. The molecule has 0 aliphatic carbocycles. The number of nitrogens with zero attached hydrogens (tertiary/aromatic N) is 2. The number of likely N-dealkylation sites (N-methyl/N-ethyl adjacent to an activating group) is 1. The molecule has 1 aromatic heterocycles. The Bertz CT molecular complexity index is 601. The van der Waals surface area contributed by atoms with Gasteiger partial charge in [-0.3, -0.25) is 9.69 Å². The minimum atomic E-state index is -0.636. The molecule has 4 nitrogen and oxygen atoms in total. The number of rotatable bonds is 4. The lowest BCUT2D eigenvalue weighted by Gasteiger charge is -2.20. The van der Waals surface area contributed by atoms with E-state index in [2.05, 4.69) is 4.98 Å². The van der Waals surface area contributed by atoms with Crippen molar-refractivity contribution < 1.29 is 9.53 Å². The highest BCUT2D eigenvalue weighted by Gasteiger charge is 2.22. The van der Waals surface area contributed by atoms with Gasteiger partial charge >= 0.3 is 0 Å². The molecule has 0 saturated heterocycles. The van der Waals surface area contributed by atoms with Crippen LogP contribution in [0.1, 0.15) is 12.5 Å². The van der Waals surface area contributed by atoms with Crippen LogP contribution in [0, 0.1) is 6.92 Å². The molecule has 1 amide bonds. The van der Waals surface area contributed by atoms with E-state index in [0.717, 1.165) is 5.56 Å². The smallest absolute Gasteiger partial charge is 0.269 e. The van der Waals surface area contributed by atoms with Crippen molar-refractivity contribution in [1.29, 1.82) is 0 Å². The maximum Gasteiger partial charge on any atom is 0.269 e. The molecule has 1 heterocycles. The van der Waals surface area contributed by atoms with Gasteiger partial charge in [0.2, 0.25) is 0 Å². The first-order chi connectivity index (χ1) is 9.49. The lowest BCUT2D eigenvalue weighted by molar-refractivity contribution is -0.124. The fourth-order valence-electron chi connectivity index (χ4n) is 1.69. The standard InChI is InChI=1S/C14H15ClN2O2S/c1-9-4-5-11(15)12(8-9)19-10(2)13(18)17(3)14-16-6-7-20-14/h4-8,10H,1-3H3/t10-/m1/s1. The second-order valence-corrected chi connectivity index (χ2v) is 5.69. The third kappa shape index (κ3) is 3.29. The number of benzene rings is 1. The molecule has 0 fully saturated rings. The van der Waals surface area contributed by atoms with Crippen LogP contribution in [0.25, 0.3) is 0 Å². The third-order valence-electron chi connectivity index (χ3n) is 2.78. The second kappa shape index (κ2) is 6.24. The van der Waals surface area contributed by atoms with Gasteiger partial charge in [0.05, 0.1) is 5.02 Å². The minimum absolute atomic E-state index is 0.169. The molecule has 1 aromatic carbocycles. The SMILES string of the molecule is Cc1ccc(Cl)c(O[C@H](C)C(=O)N(C)c2nccs2)c1. The molecule has 0 spiro atoms. The van der Waals surface area contributed by atoms with E-state index in [1.807, 2.05) is 24.4 Å². The topological polar surface area (TPSA) is 42.4 Å². The van der Waals surface area contributed by atoms with Gasteiger partial charge in [-0.05, 0) is 31.5 Å². The number of hydrogen-bond donors (Lipinski definition) is 0. The van der Waals surface area contributed by atoms with E-state index in [1.54, 1.807) is 26.2 Å². The quantitative estimate of drug-likeness (QED) is 0.867. The molecule has 6 heteroatoms. The molecular formula is C14H15ClN2O2S.